The van der Waals surface area contributed by atoms with Crippen LogP contribution in [-0.2, 0) is 0 Å². The summed E-state index contributed by atoms with van der Waals surface area (Å²) in [6.07, 6.45) is 5.69. The molecule has 2 unspecified atom stereocenters. The molecule has 0 bridgehead atoms. The van der Waals surface area contributed by atoms with Crippen LogP contribution in [0.3, 0.4) is 0 Å². The van der Waals surface area contributed by atoms with Crippen molar-refractivity contribution in [3.05, 3.63) is 18.1 Å². The summed E-state index contributed by atoms with van der Waals surface area (Å²) in [5, 5.41) is 4.12. The lowest BCUT2D eigenvalue weighted by Crippen LogP contribution is -2.21. The highest BCUT2D eigenvalue weighted by Gasteiger charge is 2.24. The van der Waals surface area contributed by atoms with Gasteiger partial charge in [-0.1, -0.05) is 0 Å². The van der Waals surface area contributed by atoms with Crippen molar-refractivity contribution in [3.8, 4) is 0 Å². The van der Waals surface area contributed by atoms with Gasteiger partial charge in [0.2, 0.25) is 0 Å². The molecular formula is C11H17NOS. The van der Waals surface area contributed by atoms with Crippen molar-refractivity contribution in [1.82, 2.24) is 5.32 Å². The fourth-order valence-electron chi connectivity index (χ4n) is 1.98. The molecule has 0 spiro atoms. The first-order chi connectivity index (χ1) is 6.79. The van der Waals surface area contributed by atoms with E-state index in [0.29, 0.717) is 0 Å². The van der Waals surface area contributed by atoms with Gasteiger partial charge in [0.05, 0.1) is 6.26 Å². The highest BCUT2D eigenvalue weighted by molar-refractivity contribution is 8.00. The van der Waals surface area contributed by atoms with Crippen molar-refractivity contribution < 1.29 is 4.42 Å². The van der Waals surface area contributed by atoms with Crippen molar-refractivity contribution in [2.75, 3.05) is 7.05 Å². The van der Waals surface area contributed by atoms with Gasteiger partial charge >= 0.3 is 0 Å². The number of hydrogen-bond donors (Lipinski definition) is 1. The normalized spacial score (nSPS) is 27.0. The van der Waals surface area contributed by atoms with Crippen LogP contribution in [0.2, 0.25) is 0 Å². The number of rotatable bonds is 3. The third kappa shape index (κ3) is 2.15. The van der Waals surface area contributed by atoms with Crippen molar-refractivity contribution in [1.29, 1.82) is 0 Å². The first kappa shape index (κ1) is 10.1. The molecule has 1 heterocycles. The topological polar surface area (TPSA) is 25.2 Å². The van der Waals surface area contributed by atoms with E-state index in [1.54, 1.807) is 6.26 Å². The van der Waals surface area contributed by atoms with Gasteiger partial charge in [0.15, 0.2) is 0 Å². The van der Waals surface area contributed by atoms with Gasteiger partial charge < -0.3 is 9.73 Å². The fourth-order valence-corrected chi connectivity index (χ4v) is 3.27. The van der Waals surface area contributed by atoms with Gasteiger partial charge in [-0.05, 0) is 39.3 Å². The summed E-state index contributed by atoms with van der Waals surface area (Å²) in [5.41, 5.74) is 0. The minimum absolute atomic E-state index is 0.722. The fraction of sp³-hybridized carbons (Fsp3) is 0.636. The molecule has 0 radical (unpaired) electrons. The second kappa shape index (κ2) is 4.41. The quantitative estimate of drug-likeness (QED) is 0.832. The number of nitrogens with one attached hydrogen (secondary N) is 1. The zero-order valence-electron chi connectivity index (χ0n) is 8.75. The van der Waals surface area contributed by atoms with Crippen LogP contribution in [0.1, 0.15) is 25.0 Å². The minimum Gasteiger partial charge on any atom is -0.468 e. The Balaban J connectivity index is 1.90. The van der Waals surface area contributed by atoms with Gasteiger partial charge in [0.25, 0.3) is 0 Å². The lowest BCUT2D eigenvalue weighted by atomic mass is 10.3. The van der Waals surface area contributed by atoms with Crippen molar-refractivity contribution in [2.45, 2.75) is 42.4 Å². The number of furan rings is 1. The largest absolute Gasteiger partial charge is 0.468 e. The second-order valence-corrected chi connectivity index (χ2v) is 5.22. The predicted octanol–water partition coefficient (Wildman–Crippen LogP) is 2.82. The van der Waals surface area contributed by atoms with Crippen molar-refractivity contribution in [2.24, 2.45) is 0 Å². The Morgan fingerprint density at radius 1 is 1.50 bits per heavy atom. The SMILES string of the molecule is CNC1CCC(Sc2ccoc2C)C1. The molecule has 1 aromatic heterocycles. The van der Waals surface area contributed by atoms with E-state index in [-0.39, 0.29) is 0 Å². The third-order valence-corrected chi connectivity index (χ3v) is 4.34. The summed E-state index contributed by atoms with van der Waals surface area (Å²) in [6.45, 7) is 2.03. The smallest absolute Gasteiger partial charge is 0.114 e. The van der Waals surface area contributed by atoms with E-state index >= 15 is 0 Å². The van der Waals surface area contributed by atoms with E-state index in [9.17, 15) is 0 Å². The van der Waals surface area contributed by atoms with Gasteiger partial charge in [-0.15, -0.1) is 11.8 Å². The summed E-state index contributed by atoms with van der Waals surface area (Å²) in [5.74, 6) is 1.06. The molecule has 3 heteroatoms. The standard InChI is InChI=1S/C11H17NOS/c1-8-11(5-6-13-8)14-10-4-3-9(7-10)12-2/h5-6,9-10,12H,3-4,7H2,1-2H3. The lowest BCUT2D eigenvalue weighted by molar-refractivity contribution is 0.526. The van der Waals surface area contributed by atoms with E-state index in [2.05, 4.69) is 18.4 Å². The maximum atomic E-state index is 5.29. The summed E-state index contributed by atoms with van der Waals surface area (Å²) >= 11 is 1.97. The molecule has 1 aliphatic carbocycles. The van der Waals surface area contributed by atoms with Gasteiger partial charge in [-0.3, -0.25) is 0 Å². The van der Waals surface area contributed by atoms with Crippen LogP contribution in [0.15, 0.2) is 21.6 Å². The Labute approximate surface area is 89.4 Å². The summed E-state index contributed by atoms with van der Waals surface area (Å²) in [7, 11) is 2.06. The van der Waals surface area contributed by atoms with Crippen LogP contribution >= 0.6 is 11.8 Å². The second-order valence-electron chi connectivity index (χ2n) is 3.88. The van der Waals surface area contributed by atoms with Crippen LogP contribution < -0.4 is 5.32 Å². The molecule has 1 aromatic rings. The first-order valence-electron chi connectivity index (χ1n) is 5.17. The monoisotopic (exact) mass is 211 g/mol. The van der Waals surface area contributed by atoms with Crippen LogP contribution in [0, 0.1) is 6.92 Å². The molecule has 2 rings (SSSR count). The third-order valence-electron chi connectivity index (χ3n) is 2.90. The molecular weight excluding hydrogens is 194 g/mol. The number of hydrogen-bond acceptors (Lipinski definition) is 3. The highest BCUT2D eigenvalue weighted by Crippen LogP contribution is 2.36. The van der Waals surface area contributed by atoms with E-state index in [1.165, 1.54) is 24.2 Å². The maximum Gasteiger partial charge on any atom is 0.114 e. The molecule has 0 aromatic carbocycles. The Bertz CT molecular complexity index is 297. The van der Waals surface area contributed by atoms with Crippen LogP contribution in [0.5, 0.6) is 0 Å². The molecule has 0 amide bonds. The molecule has 1 aliphatic rings. The first-order valence-corrected chi connectivity index (χ1v) is 6.05. The predicted molar refractivity (Wildman–Crippen MR) is 59.8 cm³/mol. The number of aryl methyl sites for hydroxylation is 1. The molecule has 14 heavy (non-hydrogen) atoms. The molecule has 0 aliphatic heterocycles. The lowest BCUT2D eigenvalue weighted by Gasteiger charge is -2.09. The molecule has 1 fully saturated rings. The summed E-state index contributed by atoms with van der Waals surface area (Å²) in [6, 6.07) is 2.80. The van der Waals surface area contributed by atoms with E-state index in [1.807, 2.05) is 18.7 Å². The summed E-state index contributed by atoms with van der Waals surface area (Å²) < 4.78 is 5.29. The molecule has 2 nitrogen and oxygen atoms in total. The zero-order chi connectivity index (χ0) is 9.97. The van der Waals surface area contributed by atoms with Gasteiger partial charge in [0.1, 0.15) is 5.76 Å². The minimum atomic E-state index is 0.722. The molecule has 1 saturated carbocycles. The van der Waals surface area contributed by atoms with Crippen LogP contribution in [-0.4, -0.2) is 18.3 Å². The Morgan fingerprint density at radius 3 is 2.93 bits per heavy atom. The summed E-state index contributed by atoms with van der Waals surface area (Å²) in [4.78, 5) is 1.31. The maximum absolute atomic E-state index is 5.29. The Kier molecular flexibility index (Phi) is 3.19. The van der Waals surface area contributed by atoms with Crippen LogP contribution in [0.25, 0.3) is 0 Å². The van der Waals surface area contributed by atoms with Crippen LogP contribution in [0.4, 0.5) is 0 Å². The molecule has 1 N–H and O–H groups in total. The molecule has 78 valence electrons. The Hall–Kier alpha value is -0.410. The average molecular weight is 211 g/mol. The van der Waals surface area contributed by atoms with Crippen molar-refractivity contribution >= 4 is 11.8 Å². The van der Waals surface area contributed by atoms with Gasteiger partial charge in [-0.25, -0.2) is 0 Å². The van der Waals surface area contributed by atoms with Gasteiger partial charge in [-0.2, -0.15) is 0 Å². The average Bonchev–Trinajstić information content (AvgIpc) is 2.77. The van der Waals surface area contributed by atoms with Crippen molar-refractivity contribution in [3.63, 3.8) is 0 Å². The van der Waals surface area contributed by atoms with E-state index in [4.69, 9.17) is 4.42 Å². The molecule has 2 atom stereocenters. The highest BCUT2D eigenvalue weighted by atomic mass is 32.2. The zero-order valence-corrected chi connectivity index (χ0v) is 9.56. The van der Waals surface area contributed by atoms with E-state index in [0.717, 1.165) is 17.1 Å². The number of thioether (sulfide) groups is 1. The van der Waals surface area contributed by atoms with E-state index < -0.39 is 0 Å². The van der Waals surface area contributed by atoms with Gasteiger partial charge in [0, 0.05) is 16.2 Å². The molecule has 0 saturated heterocycles. The Morgan fingerprint density at radius 2 is 2.36 bits per heavy atom.